The number of thioether (sulfide) groups is 2. The van der Waals surface area contributed by atoms with Crippen LogP contribution in [-0.4, -0.2) is 10.8 Å². The summed E-state index contributed by atoms with van der Waals surface area (Å²) in [7, 11) is 0. The minimum atomic E-state index is 0.856. The molecule has 1 aliphatic rings. The highest BCUT2D eigenvalue weighted by atomic mass is 32.2. The van der Waals surface area contributed by atoms with Crippen molar-refractivity contribution in [1.29, 1.82) is 0 Å². The minimum absolute atomic E-state index is 0.856. The van der Waals surface area contributed by atoms with E-state index in [9.17, 15) is 0 Å². The van der Waals surface area contributed by atoms with E-state index in [2.05, 4.69) is 53.9 Å². The van der Waals surface area contributed by atoms with Crippen LogP contribution in [0.1, 0.15) is 32.1 Å². The zero-order valence-corrected chi connectivity index (χ0v) is 16.1. The quantitative estimate of drug-likeness (QED) is 0.301. The summed E-state index contributed by atoms with van der Waals surface area (Å²) in [5.41, 5.74) is 1.03. The second-order valence-corrected chi connectivity index (χ2v) is 8.35. The SMILES string of the molecule is C(=CC(=Nc1ccccc1)SCC1CCCCC1)Sc1ccccc1. The van der Waals surface area contributed by atoms with Crippen molar-refractivity contribution in [2.24, 2.45) is 10.9 Å². The van der Waals surface area contributed by atoms with Gasteiger partial charge in [-0.2, -0.15) is 0 Å². The van der Waals surface area contributed by atoms with Crippen LogP contribution in [-0.2, 0) is 0 Å². The molecular formula is C22H25NS2. The van der Waals surface area contributed by atoms with Crippen LogP contribution in [0.15, 0.2) is 82.0 Å². The zero-order valence-electron chi connectivity index (χ0n) is 14.5. The molecule has 0 saturated heterocycles. The fourth-order valence-electron chi connectivity index (χ4n) is 2.97. The number of para-hydroxylation sites is 1. The second-order valence-electron chi connectivity index (χ2n) is 6.33. The minimum Gasteiger partial charge on any atom is -0.242 e. The Bertz CT molecular complexity index is 674. The third-order valence-electron chi connectivity index (χ3n) is 4.35. The molecule has 2 aromatic rings. The maximum absolute atomic E-state index is 4.85. The van der Waals surface area contributed by atoms with E-state index in [1.54, 1.807) is 11.8 Å². The van der Waals surface area contributed by atoms with Crippen molar-refractivity contribution in [2.75, 3.05) is 5.75 Å². The highest BCUT2D eigenvalue weighted by Crippen LogP contribution is 2.28. The van der Waals surface area contributed by atoms with E-state index in [0.29, 0.717) is 0 Å². The molecule has 3 heteroatoms. The van der Waals surface area contributed by atoms with E-state index in [4.69, 9.17) is 4.99 Å². The van der Waals surface area contributed by atoms with Gasteiger partial charge in [-0.3, -0.25) is 0 Å². The molecule has 1 fully saturated rings. The van der Waals surface area contributed by atoms with Crippen LogP contribution in [0.3, 0.4) is 0 Å². The molecule has 0 N–H and O–H groups in total. The van der Waals surface area contributed by atoms with Crippen molar-refractivity contribution in [2.45, 2.75) is 37.0 Å². The van der Waals surface area contributed by atoms with Crippen molar-refractivity contribution in [1.82, 2.24) is 0 Å². The predicted molar refractivity (Wildman–Crippen MR) is 114 cm³/mol. The third kappa shape index (κ3) is 6.75. The van der Waals surface area contributed by atoms with Crippen molar-refractivity contribution in [3.8, 4) is 0 Å². The molecule has 1 aliphatic carbocycles. The summed E-state index contributed by atoms with van der Waals surface area (Å²) >= 11 is 3.65. The molecule has 0 heterocycles. The molecule has 0 atom stereocenters. The molecule has 130 valence electrons. The number of hydrogen-bond acceptors (Lipinski definition) is 3. The molecule has 25 heavy (non-hydrogen) atoms. The maximum atomic E-state index is 4.85. The molecule has 2 aromatic carbocycles. The van der Waals surface area contributed by atoms with E-state index < -0.39 is 0 Å². The molecule has 0 aromatic heterocycles. The number of rotatable bonds is 6. The summed E-state index contributed by atoms with van der Waals surface area (Å²) in [6, 6.07) is 20.7. The predicted octanol–water partition coefficient (Wildman–Crippen LogP) is 7.34. The molecule has 0 unspecified atom stereocenters. The van der Waals surface area contributed by atoms with Gasteiger partial charge in [-0.25, -0.2) is 4.99 Å². The lowest BCUT2D eigenvalue weighted by atomic mass is 9.91. The van der Waals surface area contributed by atoms with Crippen molar-refractivity contribution >= 4 is 34.3 Å². The van der Waals surface area contributed by atoms with E-state index in [-0.39, 0.29) is 0 Å². The van der Waals surface area contributed by atoms with E-state index >= 15 is 0 Å². The van der Waals surface area contributed by atoms with Crippen LogP contribution < -0.4 is 0 Å². The third-order valence-corrected chi connectivity index (χ3v) is 6.32. The molecule has 0 bridgehead atoms. The number of hydrogen-bond donors (Lipinski definition) is 0. The largest absolute Gasteiger partial charge is 0.242 e. The van der Waals surface area contributed by atoms with Gasteiger partial charge in [0, 0.05) is 10.6 Å². The highest BCUT2D eigenvalue weighted by Gasteiger charge is 2.14. The summed E-state index contributed by atoms with van der Waals surface area (Å²) in [6.07, 6.45) is 9.15. The smallest absolute Gasteiger partial charge is 0.0972 e. The highest BCUT2D eigenvalue weighted by molar-refractivity contribution is 8.14. The Hall–Kier alpha value is -1.45. The Morgan fingerprint density at radius 2 is 1.60 bits per heavy atom. The first-order valence-corrected chi connectivity index (χ1v) is 10.9. The van der Waals surface area contributed by atoms with Gasteiger partial charge < -0.3 is 0 Å². The first kappa shape index (κ1) is 18.3. The van der Waals surface area contributed by atoms with Gasteiger partial charge in [-0.1, -0.05) is 67.4 Å². The normalized spacial score (nSPS) is 16.4. The molecule has 1 nitrogen and oxygen atoms in total. The van der Waals surface area contributed by atoms with E-state index in [1.807, 2.05) is 30.0 Å². The number of benzene rings is 2. The first-order chi connectivity index (χ1) is 12.4. The Morgan fingerprint density at radius 1 is 0.920 bits per heavy atom. The zero-order chi connectivity index (χ0) is 17.2. The Morgan fingerprint density at radius 3 is 2.32 bits per heavy atom. The molecule has 0 spiro atoms. The lowest BCUT2D eigenvalue weighted by molar-refractivity contribution is 0.391. The topological polar surface area (TPSA) is 12.4 Å². The maximum Gasteiger partial charge on any atom is 0.0972 e. The lowest BCUT2D eigenvalue weighted by Gasteiger charge is -2.20. The Kier molecular flexibility index (Phi) is 7.72. The van der Waals surface area contributed by atoms with Crippen molar-refractivity contribution < 1.29 is 0 Å². The van der Waals surface area contributed by atoms with Crippen molar-refractivity contribution in [3.05, 3.63) is 72.1 Å². The Labute approximate surface area is 160 Å². The van der Waals surface area contributed by atoms with Crippen molar-refractivity contribution in [3.63, 3.8) is 0 Å². The first-order valence-electron chi connectivity index (χ1n) is 9.05. The van der Waals surface area contributed by atoms with Crippen LogP contribution in [0.4, 0.5) is 5.69 Å². The van der Waals surface area contributed by atoms with Crippen LogP contribution in [0, 0.1) is 5.92 Å². The van der Waals surface area contributed by atoms with Crippen LogP contribution in [0.2, 0.25) is 0 Å². The van der Waals surface area contributed by atoms with Crippen LogP contribution >= 0.6 is 23.5 Å². The summed E-state index contributed by atoms with van der Waals surface area (Å²) in [5.74, 6) is 2.04. The number of nitrogens with zero attached hydrogens (tertiary/aromatic N) is 1. The fraction of sp³-hybridized carbons (Fsp3) is 0.318. The Balaban J connectivity index is 1.64. The number of aliphatic imine (C=N–C) groups is 1. The van der Waals surface area contributed by atoms with Crippen LogP contribution in [0.25, 0.3) is 0 Å². The average molecular weight is 368 g/mol. The summed E-state index contributed by atoms with van der Waals surface area (Å²) in [6.45, 7) is 0. The summed E-state index contributed by atoms with van der Waals surface area (Å²) < 4.78 is 0. The van der Waals surface area contributed by atoms with E-state index in [0.717, 1.165) is 16.6 Å². The van der Waals surface area contributed by atoms with Gasteiger partial charge in [0.25, 0.3) is 0 Å². The fourth-order valence-corrected chi connectivity index (χ4v) is 4.80. The van der Waals surface area contributed by atoms with Gasteiger partial charge in [0.15, 0.2) is 0 Å². The molecule has 0 amide bonds. The molecule has 3 rings (SSSR count). The van der Waals surface area contributed by atoms with Gasteiger partial charge in [0.2, 0.25) is 0 Å². The standard InChI is InChI=1S/C22H25NS2/c1-4-10-19(11-5-1)18-25-22(23-20-12-6-2-7-13-20)16-17-24-21-14-8-3-9-15-21/h2-3,6-9,12-17,19H,1,4-5,10-11,18H2. The summed E-state index contributed by atoms with van der Waals surface area (Å²) in [4.78, 5) is 6.11. The van der Waals surface area contributed by atoms with Gasteiger partial charge >= 0.3 is 0 Å². The van der Waals surface area contributed by atoms with Gasteiger partial charge in [0.05, 0.1) is 10.7 Å². The van der Waals surface area contributed by atoms with Crippen LogP contribution in [0.5, 0.6) is 0 Å². The molecule has 0 radical (unpaired) electrons. The van der Waals surface area contributed by atoms with E-state index in [1.165, 1.54) is 42.8 Å². The summed E-state index contributed by atoms with van der Waals surface area (Å²) in [5, 5.41) is 3.27. The molecule has 1 saturated carbocycles. The van der Waals surface area contributed by atoms with Gasteiger partial charge in [0.1, 0.15) is 0 Å². The lowest BCUT2D eigenvalue weighted by Crippen LogP contribution is -2.09. The molecule has 0 aliphatic heterocycles. The van der Waals surface area contributed by atoms with Gasteiger partial charge in [-0.15, -0.1) is 11.8 Å². The monoisotopic (exact) mass is 367 g/mol. The second kappa shape index (κ2) is 10.5. The molecular weight excluding hydrogens is 342 g/mol. The average Bonchev–Trinajstić information content (AvgIpc) is 2.68. The van der Waals surface area contributed by atoms with Gasteiger partial charge in [-0.05, 0) is 54.5 Å².